The van der Waals surface area contributed by atoms with E-state index in [1.807, 2.05) is 0 Å². The van der Waals surface area contributed by atoms with Crippen LogP contribution in [0.25, 0.3) is 11.1 Å². The third-order valence-electron chi connectivity index (χ3n) is 12.6. The third kappa shape index (κ3) is 17.8. The van der Waals surface area contributed by atoms with E-state index in [2.05, 4.69) is 22.9 Å². The fourth-order valence-electron chi connectivity index (χ4n) is 8.27. The van der Waals surface area contributed by atoms with Crippen molar-refractivity contribution in [1.82, 2.24) is 25.8 Å². The minimum atomic E-state index is -1.32. The molecule has 0 radical (unpaired) electrons. The average molecular weight is 934 g/mol. The highest BCUT2D eigenvalue weighted by Gasteiger charge is 2.34. The van der Waals surface area contributed by atoms with E-state index in [9.17, 15) is 53.7 Å². The summed E-state index contributed by atoms with van der Waals surface area (Å²) < 4.78 is 0. The van der Waals surface area contributed by atoms with Crippen LogP contribution in [-0.4, -0.2) is 117 Å². The number of aliphatic hydroxyl groups excluding tert-OH is 1. The van der Waals surface area contributed by atoms with E-state index >= 15 is 0 Å². The summed E-state index contributed by atoms with van der Waals surface area (Å²) in [6.45, 7) is 5.52. The van der Waals surface area contributed by atoms with Crippen molar-refractivity contribution < 1.29 is 53.7 Å². The zero-order valence-corrected chi connectivity index (χ0v) is 40.5. The van der Waals surface area contributed by atoms with E-state index in [1.165, 1.54) is 128 Å². The Balaban J connectivity index is 1.64. The molecule has 370 valence electrons. The van der Waals surface area contributed by atoms with E-state index in [0.29, 0.717) is 12.0 Å². The number of aliphatic hydroxyl groups is 1. The average Bonchev–Trinajstić information content (AvgIpc) is 3.29. The van der Waals surface area contributed by atoms with E-state index < -0.39 is 71.9 Å². The summed E-state index contributed by atoms with van der Waals surface area (Å²) in [6.07, 6.45) is 14.2. The largest absolute Gasteiger partial charge is 0.507 e. The first-order valence-electron chi connectivity index (χ1n) is 24.1. The molecule has 1 aliphatic heterocycles. The van der Waals surface area contributed by atoms with Gasteiger partial charge in [-0.05, 0) is 55.7 Å². The second-order valence-electron chi connectivity index (χ2n) is 18.2. The van der Waals surface area contributed by atoms with Gasteiger partial charge in [0.05, 0.1) is 19.2 Å². The number of benzene rings is 2. The summed E-state index contributed by atoms with van der Waals surface area (Å²) in [4.78, 5) is 108. The number of aromatic hydroxyl groups is 2. The second-order valence-corrected chi connectivity index (χ2v) is 18.2. The molecule has 0 unspecified atom stereocenters. The van der Waals surface area contributed by atoms with Gasteiger partial charge in [0, 0.05) is 63.2 Å². The topological polar surface area (TPSA) is 240 Å². The van der Waals surface area contributed by atoms with Crippen molar-refractivity contribution in [2.24, 2.45) is 5.92 Å². The first-order valence-corrected chi connectivity index (χ1v) is 24.1. The molecular formula is C51H75N5O11. The van der Waals surface area contributed by atoms with Gasteiger partial charge in [-0.2, -0.15) is 0 Å². The van der Waals surface area contributed by atoms with Crippen molar-refractivity contribution in [2.75, 3.05) is 27.2 Å². The maximum Gasteiger partial charge on any atom is 0.245 e. The second kappa shape index (κ2) is 28.5. The summed E-state index contributed by atoms with van der Waals surface area (Å²) in [5.41, 5.74) is 1.01. The molecular weight excluding hydrogens is 859 g/mol. The highest BCUT2D eigenvalue weighted by atomic mass is 16.3. The molecule has 3 rings (SSSR count). The Morgan fingerprint density at radius 1 is 0.761 bits per heavy atom. The van der Waals surface area contributed by atoms with Crippen LogP contribution in [0.4, 0.5) is 0 Å². The number of ketones is 3. The van der Waals surface area contributed by atoms with Crippen molar-refractivity contribution in [3.05, 3.63) is 47.5 Å². The van der Waals surface area contributed by atoms with Crippen molar-refractivity contribution in [2.45, 2.75) is 167 Å². The maximum absolute atomic E-state index is 14.2. The van der Waals surface area contributed by atoms with Crippen molar-refractivity contribution in [3.63, 3.8) is 0 Å². The van der Waals surface area contributed by atoms with Gasteiger partial charge >= 0.3 is 0 Å². The number of nitrogens with zero attached hydrogens (tertiary/aromatic N) is 2. The van der Waals surface area contributed by atoms with Crippen LogP contribution in [0.3, 0.4) is 0 Å². The van der Waals surface area contributed by atoms with Crippen molar-refractivity contribution in [3.8, 4) is 22.6 Å². The Morgan fingerprint density at radius 2 is 1.33 bits per heavy atom. The molecule has 4 bridgehead atoms. The molecule has 1 aliphatic rings. The number of phenols is 2. The number of likely N-dealkylation sites (N-methyl/N-ethyl adjacent to an activating group) is 2. The molecule has 16 nitrogen and oxygen atoms in total. The van der Waals surface area contributed by atoms with Crippen molar-refractivity contribution in [1.29, 1.82) is 0 Å². The SMILES string of the molecule is CCCCCCCCCCCCCCCC(=O)N(C)[C@H](CO)C(=O)N[C@H](C)C(=O)CCC(=O)N(C)[C@@H]1C(=O)C[C@@H](C)C(=O)N[C@H](C(=O)NCC(C)=O)Cc2ccc(O)c(c2)-c2cc1ccc2O. The lowest BCUT2D eigenvalue weighted by Crippen LogP contribution is -2.53. The molecule has 2 aromatic carbocycles. The molecule has 0 aliphatic carbocycles. The van der Waals surface area contributed by atoms with Crippen LogP contribution in [0, 0.1) is 5.92 Å². The lowest BCUT2D eigenvalue weighted by Gasteiger charge is -2.30. The minimum Gasteiger partial charge on any atom is -0.507 e. The standard InChI is InChI=1S/C51H75N5O11/c1-7-8-9-10-11-12-13-14-15-16-17-18-19-20-46(63)55(5)41(32-57)51(67)53-35(4)42(59)25-26-47(64)56(6)48-37-22-24-44(61)39(30-37)38-28-36(21-23-43(38)60)29-40(50(66)52-31-34(3)58)54-49(65)33(2)27-45(48)62/h21-24,28,30,33,35,40-41,48,57,60-61H,7-20,25-27,29,31-32H2,1-6H3,(H,52,66)(H,53,67)(H,54,65)/t33-,35-,40+,41-,48+/m1/s1. The quantitative estimate of drug-likeness (QED) is 0.0620. The minimum absolute atomic E-state index is 0.0525. The summed E-state index contributed by atoms with van der Waals surface area (Å²) >= 11 is 0. The Kier molecular flexibility index (Phi) is 23.7. The number of hydrogen-bond acceptors (Lipinski definition) is 11. The van der Waals surface area contributed by atoms with Crippen LogP contribution in [0.2, 0.25) is 0 Å². The van der Waals surface area contributed by atoms with Gasteiger partial charge in [0.2, 0.25) is 29.5 Å². The molecule has 1 heterocycles. The molecule has 0 saturated carbocycles. The van der Waals surface area contributed by atoms with E-state index in [0.717, 1.165) is 24.2 Å². The molecule has 16 heteroatoms. The van der Waals surface area contributed by atoms with E-state index in [4.69, 9.17) is 0 Å². The normalized spacial score (nSPS) is 17.0. The summed E-state index contributed by atoms with van der Waals surface area (Å²) in [5.74, 6) is -5.80. The Bertz CT molecular complexity index is 2020. The number of carbonyl (C=O) groups excluding carboxylic acids is 8. The monoisotopic (exact) mass is 934 g/mol. The number of rotatable bonds is 26. The summed E-state index contributed by atoms with van der Waals surface area (Å²) in [6, 6.07) is 3.83. The fourth-order valence-corrected chi connectivity index (χ4v) is 8.27. The molecule has 0 fully saturated rings. The van der Waals surface area contributed by atoms with Crippen LogP contribution in [0.1, 0.15) is 154 Å². The number of phenolic OH excluding ortho intramolecular Hbond substituents is 2. The number of carbonyl (C=O) groups is 8. The Morgan fingerprint density at radius 3 is 1.91 bits per heavy atom. The van der Waals surface area contributed by atoms with Crippen LogP contribution < -0.4 is 16.0 Å². The molecule has 0 saturated heterocycles. The zero-order valence-electron chi connectivity index (χ0n) is 40.5. The van der Waals surface area contributed by atoms with Gasteiger partial charge in [-0.1, -0.05) is 103 Å². The molecule has 2 aromatic rings. The third-order valence-corrected chi connectivity index (χ3v) is 12.6. The molecule has 67 heavy (non-hydrogen) atoms. The van der Waals surface area contributed by atoms with Gasteiger partial charge in [0.15, 0.2) is 11.6 Å². The molecule has 6 N–H and O–H groups in total. The first-order chi connectivity index (χ1) is 31.9. The fraction of sp³-hybridized carbons (Fsp3) is 0.608. The van der Waals surface area contributed by atoms with Gasteiger partial charge < -0.3 is 41.1 Å². The van der Waals surface area contributed by atoms with Gasteiger partial charge in [0.25, 0.3) is 0 Å². The predicted molar refractivity (Wildman–Crippen MR) is 255 cm³/mol. The highest BCUT2D eigenvalue weighted by molar-refractivity contribution is 5.97. The number of Topliss-reactive ketones (excluding diaryl/α,β-unsaturated/α-hetero) is 3. The summed E-state index contributed by atoms with van der Waals surface area (Å²) in [7, 11) is 2.81. The van der Waals surface area contributed by atoms with Gasteiger partial charge in [-0.3, -0.25) is 38.4 Å². The maximum atomic E-state index is 14.2. The van der Waals surface area contributed by atoms with Crippen LogP contribution in [-0.2, 0) is 44.8 Å². The first kappa shape index (κ1) is 55.7. The Labute approximate surface area is 396 Å². The molecule has 5 atom stereocenters. The van der Waals surface area contributed by atoms with Gasteiger partial charge in [0.1, 0.15) is 35.4 Å². The van der Waals surface area contributed by atoms with E-state index in [1.54, 1.807) is 6.07 Å². The lowest BCUT2D eigenvalue weighted by atomic mass is 9.89. The van der Waals surface area contributed by atoms with Crippen molar-refractivity contribution >= 4 is 46.9 Å². The van der Waals surface area contributed by atoms with Crippen LogP contribution in [0.15, 0.2) is 36.4 Å². The van der Waals surface area contributed by atoms with Gasteiger partial charge in [-0.15, -0.1) is 0 Å². The van der Waals surface area contributed by atoms with E-state index in [-0.39, 0.29) is 78.5 Å². The molecule has 0 spiro atoms. The van der Waals surface area contributed by atoms with Crippen LogP contribution in [0.5, 0.6) is 11.5 Å². The van der Waals surface area contributed by atoms with Crippen LogP contribution >= 0.6 is 0 Å². The highest BCUT2D eigenvalue weighted by Crippen LogP contribution is 2.39. The lowest BCUT2D eigenvalue weighted by molar-refractivity contribution is -0.142. The molecule has 0 aromatic heterocycles. The zero-order chi connectivity index (χ0) is 49.6. The molecule has 5 amide bonds. The predicted octanol–water partition coefficient (Wildman–Crippen LogP) is 5.76. The smallest absolute Gasteiger partial charge is 0.245 e. The number of fused-ring (bicyclic) bond motifs is 5. The van der Waals surface area contributed by atoms with Gasteiger partial charge in [-0.25, -0.2) is 0 Å². The number of hydrogen-bond donors (Lipinski definition) is 6. The Hall–Kier alpha value is -5.64. The number of unbranched alkanes of at least 4 members (excludes halogenated alkanes) is 12. The number of nitrogens with one attached hydrogen (secondary N) is 3. The summed E-state index contributed by atoms with van der Waals surface area (Å²) in [5, 5.41) is 39.7. The number of amides is 5.